The second-order valence-electron chi connectivity index (χ2n) is 7.20. The zero-order chi connectivity index (χ0) is 17.5. The third kappa shape index (κ3) is 5.21. The van der Waals surface area contributed by atoms with Gasteiger partial charge in [0.1, 0.15) is 0 Å². The fraction of sp³-hybridized carbons (Fsp3) is 0.600. The van der Waals surface area contributed by atoms with Gasteiger partial charge in [-0.2, -0.15) is 0 Å². The second-order valence-corrected chi connectivity index (χ2v) is 7.20. The van der Waals surface area contributed by atoms with Crippen LogP contribution in [0.25, 0.3) is 0 Å². The molecule has 0 spiro atoms. The van der Waals surface area contributed by atoms with Crippen molar-refractivity contribution in [3.8, 4) is 0 Å². The van der Waals surface area contributed by atoms with Gasteiger partial charge in [0.05, 0.1) is 6.54 Å². The highest BCUT2D eigenvalue weighted by Crippen LogP contribution is 2.24. The van der Waals surface area contributed by atoms with Crippen molar-refractivity contribution in [3.63, 3.8) is 0 Å². The van der Waals surface area contributed by atoms with Crippen molar-refractivity contribution in [2.24, 2.45) is 5.92 Å². The second kappa shape index (κ2) is 8.88. The maximum absolute atomic E-state index is 12.1. The van der Waals surface area contributed by atoms with Gasteiger partial charge in [0, 0.05) is 30.4 Å². The van der Waals surface area contributed by atoms with Crippen LogP contribution in [0.15, 0.2) is 24.3 Å². The lowest BCUT2D eigenvalue weighted by Crippen LogP contribution is -2.37. The van der Waals surface area contributed by atoms with Crippen LogP contribution in [0.1, 0.15) is 51.4 Å². The van der Waals surface area contributed by atoms with Gasteiger partial charge in [-0.25, -0.2) is 0 Å². The van der Waals surface area contributed by atoms with Crippen LogP contribution in [0.4, 0.5) is 11.4 Å². The lowest BCUT2D eigenvalue weighted by Gasteiger charge is -2.28. The minimum atomic E-state index is -0.171. The molecule has 1 saturated carbocycles. The number of hydrogen-bond acceptors (Lipinski definition) is 3. The number of benzene rings is 1. The van der Waals surface area contributed by atoms with Crippen molar-refractivity contribution < 1.29 is 9.59 Å². The lowest BCUT2D eigenvalue weighted by molar-refractivity contribution is -0.128. The maximum atomic E-state index is 12.1. The number of anilines is 2. The molecular formula is C20H29N3O2. The molecule has 0 radical (unpaired) electrons. The molecule has 0 aromatic heterocycles. The predicted octanol–water partition coefficient (Wildman–Crippen LogP) is 3.31. The van der Waals surface area contributed by atoms with E-state index >= 15 is 0 Å². The highest BCUT2D eigenvalue weighted by atomic mass is 16.2. The summed E-state index contributed by atoms with van der Waals surface area (Å²) in [6, 6.07) is 7.98. The topological polar surface area (TPSA) is 61.4 Å². The molecule has 5 nitrogen and oxygen atoms in total. The molecule has 1 aromatic carbocycles. The zero-order valence-electron chi connectivity index (χ0n) is 14.9. The van der Waals surface area contributed by atoms with Gasteiger partial charge in [0.2, 0.25) is 11.8 Å². The van der Waals surface area contributed by atoms with Crippen molar-refractivity contribution in [2.45, 2.75) is 51.4 Å². The van der Waals surface area contributed by atoms with E-state index < -0.39 is 0 Å². The van der Waals surface area contributed by atoms with Crippen LogP contribution in [-0.4, -0.2) is 31.4 Å². The highest BCUT2D eigenvalue weighted by molar-refractivity contribution is 5.94. The molecule has 2 fully saturated rings. The van der Waals surface area contributed by atoms with Gasteiger partial charge >= 0.3 is 0 Å². The SMILES string of the molecule is O=C(CNC(=O)C1CCCCC1)Nc1ccc(N2CCCCC2)cc1. The number of carbonyl (C=O) groups excluding carboxylic acids is 2. The van der Waals surface area contributed by atoms with Crippen molar-refractivity contribution in [1.29, 1.82) is 0 Å². The van der Waals surface area contributed by atoms with Gasteiger partial charge < -0.3 is 15.5 Å². The molecule has 1 saturated heterocycles. The van der Waals surface area contributed by atoms with E-state index in [1.807, 2.05) is 12.1 Å². The predicted molar refractivity (Wildman–Crippen MR) is 101 cm³/mol. The molecule has 136 valence electrons. The quantitative estimate of drug-likeness (QED) is 0.862. The first-order valence-electron chi connectivity index (χ1n) is 9.65. The van der Waals surface area contributed by atoms with Gasteiger partial charge in [0.25, 0.3) is 0 Å². The van der Waals surface area contributed by atoms with E-state index in [0.717, 1.165) is 44.5 Å². The Hall–Kier alpha value is -2.04. The minimum Gasteiger partial charge on any atom is -0.372 e. The number of nitrogens with zero attached hydrogens (tertiary/aromatic N) is 1. The molecule has 2 amide bonds. The van der Waals surface area contributed by atoms with Crippen LogP contribution in [0.5, 0.6) is 0 Å². The number of hydrogen-bond donors (Lipinski definition) is 2. The fourth-order valence-corrected chi connectivity index (χ4v) is 3.79. The third-order valence-corrected chi connectivity index (χ3v) is 5.27. The molecule has 0 atom stereocenters. The van der Waals surface area contributed by atoms with E-state index in [1.54, 1.807) is 0 Å². The molecule has 5 heteroatoms. The number of amides is 2. The molecule has 2 aliphatic rings. The molecule has 1 aromatic rings. The Balaban J connectivity index is 1.43. The monoisotopic (exact) mass is 343 g/mol. The summed E-state index contributed by atoms with van der Waals surface area (Å²) in [5, 5.41) is 5.63. The van der Waals surface area contributed by atoms with E-state index in [2.05, 4.69) is 27.7 Å². The average molecular weight is 343 g/mol. The summed E-state index contributed by atoms with van der Waals surface area (Å²) in [6.45, 7) is 2.26. The Labute approximate surface area is 150 Å². The Morgan fingerprint density at radius 3 is 2.24 bits per heavy atom. The normalized spacial score (nSPS) is 18.6. The third-order valence-electron chi connectivity index (χ3n) is 5.27. The molecule has 2 N–H and O–H groups in total. The maximum Gasteiger partial charge on any atom is 0.243 e. The van der Waals surface area contributed by atoms with E-state index in [-0.39, 0.29) is 24.3 Å². The van der Waals surface area contributed by atoms with Crippen LogP contribution in [0.3, 0.4) is 0 Å². The molecule has 3 rings (SSSR count). The van der Waals surface area contributed by atoms with Gasteiger partial charge in [-0.3, -0.25) is 9.59 Å². The number of piperidine rings is 1. The summed E-state index contributed by atoms with van der Waals surface area (Å²) in [6.07, 6.45) is 9.17. The Bertz CT molecular complexity index is 573. The number of nitrogens with one attached hydrogen (secondary N) is 2. The van der Waals surface area contributed by atoms with E-state index in [4.69, 9.17) is 0 Å². The first-order valence-corrected chi connectivity index (χ1v) is 9.65. The summed E-state index contributed by atoms with van der Waals surface area (Å²) in [5.74, 6) is -0.0597. The first-order chi connectivity index (χ1) is 12.2. The Morgan fingerprint density at radius 2 is 1.56 bits per heavy atom. The molecular weight excluding hydrogens is 314 g/mol. The van der Waals surface area contributed by atoms with Crippen molar-refractivity contribution >= 4 is 23.2 Å². The standard InChI is InChI=1S/C20H29N3O2/c24-19(15-21-20(25)16-7-3-1-4-8-16)22-17-9-11-18(12-10-17)23-13-5-2-6-14-23/h9-12,16H,1-8,13-15H2,(H,21,25)(H,22,24). The fourth-order valence-electron chi connectivity index (χ4n) is 3.79. The molecule has 0 unspecified atom stereocenters. The number of carbonyl (C=O) groups is 2. The van der Waals surface area contributed by atoms with Crippen molar-refractivity contribution in [3.05, 3.63) is 24.3 Å². The molecule has 1 aliphatic heterocycles. The van der Waals surface area contributed by atoms with E-state index in [1.165, 1.54) is 31.4 Å². The summed E-state index contributed by atoms with van der Waals surface area (Å²) < 4.78 is 0. The van der Waals surface area contributed by atoms with Crippen LogP contribution >= 0.6 is 0 Å². The Morgan fingerprint density at radius 1 is 0.920 bits per heavy atom. The summed E-state index contributed by atoms with van der Waals surface area (Å²) in [7, 11) is 0. The highest BCUT2D eigenvalue weighted by Gasteiger charge is 2.21. The van der Waals surface area contributed by atoms with E-state index in [9.17, 15) is 9.59 Å². The van der Waals surface area contributed by atoms with Gasteiger partial charge in [-0.1, -0.05) is 19.3 Å². The summed E-state index contributed by atoms with van der Waals surface area (Å²) in [5.41, 5.74) is 1.99. The molecule has 1 aliphatic carbocycles. The molecule has 0 bridgehead atoms. The molecule has 1 heterocycles. The van der Waals surface area contributed by atoms with Crippen molar-refractivity contribution in [2.75, 3.05) is 29.9 Å². The summed E-state index contributed by atoms with van der Waals surface area (Å²) in [4.78, 5) is 26.5. The van der Waals surface area contributed by atoms with Crippen molar-refractivity contribution in [1.82, 2.24) is 5.32 Å². The minimum absolute atomic E-state index is 0.0234. The zero-order valence-corrected chi connectivity index (χ0v) is 14.9. The number of rotatable bonds is 5. The first kappa shape index (κ1) is 17.8. The van der Waals surface area contributed by atoms with Crippen LogP contribution in [0.2, 0.25) is 0 Å². The van der Waals surface area contributed by atoms with Gasteiger partial charge in [0.15, 0.2) is 0 Å². The van der Waals surface area contributed by atoms with Crippen LogP contribution in [0, 0.1) is 5.92 Å². The van der Waals surface area contributed by atoms with E-state index in [0.29, 0.717) is 0 Å². The van der Waals surface area contributed by atoms with Gasteiger partial charge in [-0.05, 0) is 56.4 Å². The largest absolute Gasteiger partial charge is 0.372 e. The van der Waals surface area contributed by atoms with Gasteiger partial charge in [-0.15, -0.1) is 0 Å². The van der Waals surface area contributed by atoms with Crippen LogP contribution in [-0.2, 0) is 9.59 Å². The molecule has 25 heavy (non-hydrogen) atoms. The summed E-state index contributed by atoms with van der Waals surface area (Å²) >= 11 is 0. The van der Waals surface area contributed by atoms with Crippen LogP contribution < -0.4 is 15.5 Å². The lowest BCUT2D eigenvalue weighted by atomic mass is 9.89. The average Bonchev–Trinajstić information content (AvgIpc) is 2.68. The Kier molecular flexibility index (Phi) is 6.31. The smallest absolute Gasteiger partial charge is 0.243 e.